The molecule has 0 aliphatic heterocycles. The highest BCUT2D eigenvalue weighted by Crippen LogP contribution is 2.75. The summed E-state index contributed by atoms with van der Waals surface area (Å²) in [5.74, 6) is 0.338. The van der Waals surface area contributed by atoms with Gasteiger partial charge in [0.25, 0.3) is 0 Å². The fourth-order valence-electron chi connectivity index (χ4n) is 12.2. The van der Waals surface area contributed by atoms with Crippen molar-refractivity contribution in [3.05, 3.63) is 47.5 Å². The van der Waals surface area contributed by atoms with Crippen LogP contribution < -0.4 is 5.32 Å². The largest absolute Gasteiger partial charge is 0.481 e. The second-order valence-electron chi connectivity index (χ2n) is 18.2. The maximum atomic E-state index is 14.1. The third-order valence-corrected chi connectivity index (χ3v) is 15.1. The summed E-state index contributed by atoms with van der Waals surface area (Å²) in [6.07, 6.45) is 13.2. The molecule has 1 aromatic carbocycles. The second-order valence-corrected chi connectivity index (χ2v) is 18.2. The zero-order valence-electron chi connectivity index (χ0n) is 30.0. The van der Waals surface area contributed by atoms with Crippen molar-refractivity contribution in [2.45, 2.75) is 132 Å². The topological polar surface area (TPSA) is 92.7 Å². The standard InChI is InChI=1S/C41H59NO5/c1-36(2)21-23-41(35(46)42-25-11-14-33(43)44)24-22-39(6)28(29(41)26-36)15-16-31-38(5)19-18-32(47-34(45)27-12-9-8-10-13-27)37(3,4)30(38)17-20-40(31,39)7/h8-10,12-13,15,29-32H,11,14,16-26H2,1-7H3,(H,42,46)(H,43,44)/t29?,30?,31?,32-,38-,39+,40+,41-/m0/s1. The molecule has 0 bridgehead atoms. The van der Waals surface area contributed by atoms with E-state index in [0.717, 1.165) is 64.2 Å². The lowest BCUT2D eigenvalue weighted by Crippen LogP contribution is -2.65. The first-order valence-electron chi connectivity index (χ1n) is 18.5. The number of carboxylic acid groups (broad SMARTS) is 1. The molecule has 4 fully saturated rings. The van der Waals surface area contributed by atoms with Crippen molar-refractivity contribution in [3.8, 4) is 0 Å². The highest BCUT2D eigenvalue weighted by atomic mass is 16.5. The molecular formula is C41H59NO5. The summed E-state index contributed by atoms with van der Waals surface area (Å²) in [5.41, 5.74) is 2.10. The maximum absolute atomic E-state index is 14.1. The summed E-state index contributed by atoms with van der Waals surface area (Å²) in [5, 5.41) is 12.3. The minimum atomic E-state index is -0.813. The fourth-order valence-corrected chi connectivity index (χ4v) is 12.2. The molecule has 0 aromatic heterocycles. The van der Waals surface area contributed by atoms with E-state index in [0.29, 0.717) is 30.4 Å². The van der Waals surface area contributed by atoms with Gasteiger partial charge in [0.2, 0.25) is 5.91 Å². The minimum Gasteiger partial charge on any atom is -0.481 e. The molecule has 258 valence electrons. The normalized spacial score (nSPS) is 39.9. The number of hydrogen-bond donors (Lipinski definition) is 2. The molecule has 47 heavy (non-hydrogen) atoms. The molecule has 1 aromatic rings. The average molecular weight is 646 g/mol. The van der Waals surface area contributed by atoms with Gasteiger partial charge in [0.15, 0.2) is 0 Å². The van der Waals surface area contributed by atoms with Crippen LogP contribution in [0.1, 0.15) is 136 Å². The Labute approximate surface area is 282 Å². The van der Waals surface area contributed by atoms with Gasteiger partial charge in [0, 0.05) is 18.4 Å². The van der Waals surface area contributed by atoms with Crippen molar-refractivity contribution in [3.63, 3.8) is 0 Å². The molecule has 0 heterocycles. The number of nitrogens with one attached hydrogen (secondary N) is 1. The van der Waals surface area contributed by atoms with Crippen LogP contribution in [-0.4, -0.2) is 35.6 Å². The van der Waals surface area contributed by atoms with Crippen LogP contribution in [0.4, 0.5) is 0 Å². The molecule has 1 amide bonds. The molecule has 5 aliphatic rings. The first-order valence-corrected chi connectivity index (χ1v) is 18.5. The van der Waals surface area contributed by atoms with Crippen LogP contribution in [0.25, 0.3) is 0 Å². The number of aliphatic carboxylic acids is 1. The van der Waals surface area contributed by atoms with Crippen molar-refractivity contribution in [1.29, 1.82) is 0 Å². The Morgan fingerprint density at radius 3 is 2.28 bits per heavy atom. The molecule has 3 unspecified atom stereocenters. The molecule has 5 aliphatic carbocycles. The predicted molar refractivity (Wildman–Crippen MR) is 185 cm³/mol. The molecule has 6 rings (SSSR count). The lowest BCUT2D eigenvalue weighted by molar-refractivity contribution is -0.204. The number of carboxylic acids is 1. The van der Waals surface area contributed by atoms with E-state index in [4.69, 9.17) is 9.84 Å². The Kier molecular flexibility index (Phi) is 8.57. The fraction of sp³-hybridized carbons (Fsp3) is 0.732. The summed E-state index contributed by atoms with van der Waals surface area (Å²) in [7, 11) is 0. The molecule has 0 spiro atoms. The molecule has 6 heteroatoms. The van der Waals surface area contributed by atoms with Crippen LogP contribution in [0.15, 0.2) is 42.0 Å². The lowest BCUT2D eigenvalue weighted by atomic mass is 9.33. The number of benzene rings is 1. The summed E-state index contributed by atoms with van der Waals surface area (Å²) >= 11 is 0. The SMILES string of the molecule is CC1(C)CC[C@]2(C(=O)NCCCC(=O)O)CC[C@]3(C)C(=CCC4[C@@]5(C)CC[C@H](OC(=O)c6ccccc6)C(C)(C)C5CC[C@]43C)C2C1. The second kappa shape index (κ2) is 11.8. The van der Waals surface area contributed by atoms with E-state index >= 15 is 0 Å². The Bertz CT molecular complexity index is 1430. The monoisotopic (exact) mass is 645 g/mol. The van der Waals surface area contributed by atoms with Gasteiger partial charge in [-0.1, -0.05) is 78.3 Å². The first kappa shape index (κ1) is 34.2. The average Bonchev–Trinajstić information content (AvgIpc) is 3.01. The summed E-state index contributed by atoms with van der Waals surface area (Å²) in [4.78, 5) is 38.4. The first-order chi connectivity index (χ1) is 22.0. The van der Waals surface area contributed by atoms with Gasteiger partial charge in [-0.3, -0.25) is 9.59 Å². The van der Waals surface area contributed by atoms with Crippen molar-refractivity contribution < 1.29 is 24.2 Å². The lowest BCUT2D eigenvalue weighted by Gasteiger charge is -2.71. The van der Waals surface area contributed by atoms with Crippen molar-refractivity contribution in [2.75, 3.05) is 6.54 Å². The van der Waals surface area contributed by atoms with Crippen molar-refractivity contribution >= 4 is 17.8 Å². The van der Waals surface area contributed by atoms with Gasteiger partial charge >= 0.3 is 11.9 Å². The van der Waals surface area contributed by atoms with Gasteiger partial charge in [-0.25, -0.2) is 4.79 Å². The van der Waals surface area contributed by atoms with Crippen LogP contribution in [-0.2, 0) is 14.3 Å². The van der Waals surface area contributed by atoms with E-state index in [-0.39, 0.29) is 57.4 Å². The van der Waals surface area contributed by atoms with E-state index < -0.39 is 11.4 Å². The van der Waals surface area contributed by atoms with Gasteiger partial charge in [-0.2, -0.15) is 0 Å². The van der Waals surface area contributed by atoms with E-state index in [2.05, 4.69) is 59.9 Å². The number of carbonyl (C=O) groups excluding carboxylic acids is 2. The van der Waals surface area contributed by atoms with E-state index in [1.807, 2.05) is 30.3 Å². The van der Waals surface area contributed by atoms with Crippen LogP contribution in [0, 0.1) is 50.2 Å². The molecular weight excluding hydrogens is 586 g/mol. The summed E-state index contributed by atoms with van der Waals surface area (Å²) < 4.78 is 6.29. The van der Waals surface area contributed by atoms with E-state index in [1.54, 1.807) is 5.57 Å². The zero-order valence-corrected chi connectivity index (χ0v) is 30.0. The highest BCUT2D eigenvalue weighted by Gasteiger charge is 2.69. The Morgan fingerprint density at radius 2 is 1.57 bits per heavy atom. The number of rotatable bonds is 7. The molecule has 0 saturated heterocycles. The number of ether oxygens (including phenoxy) is 1. The Balaban J connectivity index is 1.28. The highest BCUT2D eigenvalue weighted by molar-refractivity contribution is 5.89. The van der Waals surface area contributed by atoms with Crippen molar-refractivity contribution in [2.24, 2.45) is 50.2 Å². The molecule has 8 atom stereocenters. The maximum Gasteiger partial charge on any atom is 0.338 e. The van der Waals surface area contributed by atoms with Gasteiger partial charge < -0.3 is 15.2 Å². The third-order valence-electron chi connectivity index (χ3n) is 15.1. The van der Waals surface area contributed by atoms with Gasteiger partial charge in [-0.15, -0.1) is 0 Å². The predicted octanol–water partition coefficient (Wildman–Crippen LogP) is 8.99. The Morgan fingerprint density at radius 1 is 0.872 bits per heavy atom. The smallest absolute Gasteiger partial charge is 0.338 e. The number of fused-ring (bicyclic) bond motifs is 7. The molecule has 4 saturated carbocycles. The van der Waals surface area contributed by atoms with Crippen LogP contribution in [0.3, 0.4) is 0 Å². The summed E-state index contributed by atoms with van der Waals surface area (Å²) in [6.45, 7) is 17.6. The number of carbonyl (C=O) groups is 3. The van der Waals surface area contributed by atoms with Gasteiger partial charge in [0.05, 0.1) is 11.0 Å². The van der Waals surface area contributed by atoms with Crippen molar-refractivity contribution in [1.82, 2.24) is 5.32 Å². The summed E-state index contributed by atoms with van der Waals surface area (Å²) in [6, 6.07) is 9.40. The number of esters is 1. The van der Waals surface area contributed by atoms with E-state index in [9.17, 15) is 14.4 Å². The quantitative estimate of drug-likeness (QED) is 0.175. The van der Waals surface area contributed by atoms with Gasteiger partial charge in [0.1, 0.15) is 6.10 Å². The molecule has 6 nitrogen and oxygen atoms in total. The number of hydrogen-bond acceptors (Lipinski definition) is 4. The molecule has 0 radical (unpaired) electrons. The molecule has 2 N–H and O–H groups in total. The zero-order chi connectivity index (χ0) is 34.0. The third kappa shape index (κ3) is 5.39. The number of amides is 1. The van der Waals surface area contributed by atoms with Crippen LogP contribution >= 0.6 is 0 Å². The van der Waals surface area contributed by atoms with Gasteiger partial charge in [-0.05, 0) is 122 Å². The Hall–Kier alpha value is -2.63. The van der Waals surface area contributed by atoms with E-state index in [1.165, 1.54) is 0 Å². The minimum absolute atomic E-state index is 0.0236. The van der Waals surface area contributed by atoms with Crippen LogP contribution in [0.2, 0.25) is 0 Å². The van der Waals surface area contributed by atoms with Crippen LogP contribution in [0.5, 0.6) is 0 Å². The number of allylic oxidation sites excluding steroid dienone is 2.